The molecule has 2 heterocycles. The summed E-state index contributed by atoms with van der Waals surface area (Å²) in [5.41, 5.74) is 0. The molecule has 2 aliphatic heterocycles. The highest BCUT2D eigenvalue weighted by Gasteiger charge is 2.29. The number of nitrogens with one attached hydrogen (secondary N) is 2. The maximum atomic E-state index is 12.3. The Balaban J connectivity index is 1.79. The fourth-order valence-electron chi connectivity index (χ4n) is 2.68. The second kappa shape index (κ2) is 6.75. The van der Waals surface area contributed by atoms with Crippen LogP contribution in [0.25, 0.3) is 0 Å². The number of carbonyl (C=O) groups excluding carboxylic acids is 2. The third-order valence-electron chi connectivity index (χ3n) is 3.81. The number of amides is 3. The van der Waals surface area contributed by atoms with Crippen LogP contribution in [0.1, 0.15) is 26.2 Å². The lowest BCUT2D eigenvalue weighted by Crippen LogP contribution is -2.57. The topological polar surface area (TPSA) is 64.7 Å². The van der Waals surface area contributed by atoms with Gasteiger partial charge in [-0.3, -0.25) is 4.79 Å². The van der Waals surface area contributed by atoms with E-state index in [1.54, 1.807) is 4.90 Å². The van der Waals surface area contributed by atoms with Gasteiger partial charge in [0.25, 0.3) is 0 Å². The summed E-state index contributed by atoms with van der Waals surface area (Å²) in [6.45, 7) is 6.04. The van der Waals surface area contributed by atoms with Crippen LogP contribution in [0.5, 0.6) is 0 Å². The molecule has 108 valence electrons. The molecule has 2 aliphatic rings. The van der Waals surface area contributed by atoms with Crippen molar-refractivity contribution in [1.82, 2.24) is 20.4 Å². The standard InChI is InChI=1S/C13H24N4O2/c1-2-14-13(19)17-9-7-16(8-10-17)12(18)11-5-3-4-6-15-11/h11,15H,2-10H2,1H3,(H,14,19)/t11-/m1/s1. The summed E-state index contributed by atoms with van der Waals surface area (Å²) < 4.78 is 0. The summed E-state index contributed by atoms with van der Waals surface area (Å²) in [7, 11) is 0. The normalized spacial score (nSPS) is 24.2. The molecule has 6 nitrogen and oxygen atoms in total. The van der Waals surface area contributed by atoms with Crippen molar-refractivity contribution >= 4 is 11.9 Å². The first-order valence-corrected chi connectivity index (χ1v) is 7.27. The van der Waals surface area contributed by atoms with Crippen LogP contribution in [0.3, 0.4) is 0 Å². The molecule has 0 aromatic heterocycles. The number of piperazine rings is 1. The van der Waals surface area contributed by atoms with E-state index in [1.807, 2.05) is 11.8 Å². The molecule has 1 atom stereocenters. The smallest absolute Gasteiger partial charge is 0.317 e. The Morgan fingerprint density at radius 3 is 2.42 bits per heavy atom. The summed E-state index contributed by atoms with van der Waals surface area (Å²) in [5.74, 6) is 0.204. The maximum absolute atomic E-state index is 12.3. The number of hydrogen-bond donors (Lipinski definition) is 2. The molecule has 2 rings (SSSR count). The molecule has 2 saturated heterocycles. The number of nitrogens with zero attached hydrogens (tertiary/aromatic N) is 2. The van der Waals surface area contributed by atoms with E-state index in [1.165, 1.54) is 0 Å². The lowest BCUT2D eigenvalue weighted by atomic mass is 10.0. The van der Waals surface area contributed by atoms with Gasteiger partial charge in [0.2, 0.25) is 5.91 Å². The number of carbonyl (C=O) groups is 2. The Kier molecular flexibility index (Phi) is 5.01. The predicted octanol–water partition coefficient (Wildman–Crippen LogP) is 0.00220. The second-order valence-electron chi connectivity index (χ2n) is 5.15. The van der Waals surface area contributed by atoms with Gasteiger partial charge in [0.15, 0.2) is 0 Å². The Morgan fingerprint density at radius 1 is 1.16 bits per heavy atom. The van der Waals surface area contributed by atoms with Crippen LogP contribution in [0.4, 0.5) is 4.79 Å². The Morgan fingerprint density at radius 2 is 1.84 bits per heavy atom. The molecule has 0 spiro atoms. The third kappa shape index (κ3) is 3.59. The molecule has 19 heavy (non-hydrogen) atoms. The summed E-state index contributed by atoms with van der Waals surface area (Å²) in [6.07, 6.45) is 3.23. The Labute approximate surface area is 114 Å². The van der Waals surface area contributed by atoms with Gasteiger partial charge in [0.05, 0.1) is 6.04 Å². The number of urea groups is 1. The van der Waals surface area contributed by atoms with Crippen LogP contribution in [0.2, 0.25) is 0 Å². The van der Waals surface area contributed by atoms with Gasteiger partial charge in [-0.1, -0.05) is 6.42 Å². The first kappa shape index (κ1) is 14.1. The van der Waals surface area contributed by atoms with Crippen LogP contribution < -0.4 is 10.6 Å². The minimum atomic E-state index is -0.0228. The zero-order valence-electron chi connectivity index (χ0n) is 11.7. The molecule has 0 saturated carbocycles. The Bertz CT molecular complexity index is 321. The fraction of sp³-hybridized carbons (Fsp3) is 0.846. The molecule has 2 N–H and O–H groups in total. The first-order valence-electron chi connectivity index (χ1n) is 7.27. The van der Waals surface area contributed by atoms with Crippen molar-refractivity contribution in [2.75, 3.05) is 39.3 Å². The molecule has 6 heteroatoms. The van der Waals surface area contributed by atoms with E-state index in [0.29, 0.717) is 32.7 Å². The van der Waals surface area contributed by atoms with E-state index in [0.717, 1.165) is 25.8 Å². The highest BCUT2D eigenvalue weighted by molar-refractivity contribution is 5.82. The average Bonchev–Trinajstić information content (AvgIpc) is 2.48. The van der Waals surface area contributed by atoms with Gasteiger partial charge in [0, 0.05) is 32.7 Å². The van der Waals surface area contributed by atoms with Crippen molar-refractivity contribution < 1.29 is 9.59 Å². The van der Waals surface area contributed by atoms with Crippen LogP contribution in [0, 0.1) is 0 Å². The molecule has 0 aromatic rings. The molecule has 3 amide bonds. The quantitative estimate of drug-likeness (QED) is 0.741. The average molecular weight is 268 g/mol. The summed E-state index contributed by atoms with van der Waals surface area (Å²) in [6, 6.07) is -0.0323. The van der Waals surface area contributed by atoms with Gasteiger partial charge in [0.1, 0.15) is 0 Å². The first-order chi connectivity index (χ1) is 9.22. The molecule has 0 aliphatic carbocycles. The molecular weight excluding hydrogens is 244 g/mol. The van der Waals surface area contributed by atoms with Gasteiger partial charge >= 0.3 is 6.03 Å². The van der Waals surface area contributed by atoms with Crippen molar-refractivity contribution in [3.63, 3.8) is 0 Å². The maximum Gasteiger partial charge on any atom is 0.317 e. The summed E-state index contributed by atoms with van der Waals surface area (Å²) in [5, 5.41) is 6.08. The monoisotopic (exact) mass is 268 g/mol. The van der Waals surface area contributed by atoms with E-state index < -0.39 is 0 Å². The van der Waals surface area contributed by atoms with Crippen LogP contribution in [0.15, 0.2) is 0 Å². The second-order valence-corrected chi connectivity index (χ2v) is 5.15. The Hall–Kier alpha value is -1.30. The molecular formula is C13H24N4O2. The number of piperidine rings is 1. The van der Waals surface area contributed by atoms with Crippen LogP contribution in [-0.2, 0) is 4.79 Å². The van der Waals surface area contributed by atoms with Crippen molar-refractivity contribution in [3.05, 3.63) is 0 Å². The van der Waals surface area contributed by atoms with Crippen molar-refractivity contribution in [1.29, 1.82) is 0 Å². The molecule has 0 bridgehead atoms. The van der Waals surface area contributed by atoms with Gasteiger partial charge in [-0.25, -0.2) is 4.79 Å². The zero-order valence-corrected chi connectivity index (χ0v) is 11.7. The summed E-state index contributed by atoms with van der Waals surface area (Å²) >= 11 is 0. The molecule has 0 aromatic carbocycles. The number of hydrogen-bond acceptors (Lipinski definition) is 3. The lowest BCUT2D eigenvalue weighted by molar-refractivity contribution is -0.135. The zero-order chi connectivity index (χ0) is 13.7. The van der Waals surface area contributed by atoms with Crippen molar-refractivity contribution in [2.45, 2.75) is 32.2 Å². The molecule has 0 radical (unpaired) electrons. The largest absolute Gasteiger partial charge is 0.338 e. The lowest BCUT2D eigenvalue weighted by Gasteiger charge is -2.37. The molecule has 2 fully saturated rings. The summed E-state index contributed by atoms with van der Waals surface area (Å²) in [4.78, 5) is 27.6. The highest BCUT2D eigenvalue weighted by atomic mass is 16.2. The van der Waals surface area contributed by atoms with E-state index in [-0.39, 0.29) is 18.0 Å². The third-order valence-corrected chi connectivity index (χ3v) is 3.81. The van der Waals surface area contributed by atoms with Gasteiger partial charge < -0.3 is 20.4 Å². The minimum absolute atomic E-state index is 0.00947. The van der Waals surface area contributed by atoms with Gasteiger partial charge in [-0.2, -0.15) is 0 Å². The van der Waals surface area contributed by atoms with E-state index >= 15 is 0 Å². The van der Waals surface area contributed by atoms with E-state index in [4.69, 9.17) is 0 Å². The van der Waals surface area contributed by atoms with Gasteiger partial charge in [-0.05, 0) is 26.3 Å². The number of rotatable bonds is 2. The van der Waals surface area contributed by atoms with E-state index in [2.05, 4.69) is 10.6 Å². The fourth-order valence-corrected chi connectivity index (χ4v) is 2.68. The molecule has 0 unspecified atom stereocenters. The van der Waals surface area contributed by atoms with Gasteiger partial charge in [-0.15, -0.1) is 0 Å². The minimum Gasteiger partial charge on any atom is -0.338 e. The van der Waals surface area contributed by atoms with Crippen LogP contribution in [-0.4, -0.2) is 67.0 Å². The predicted molar refractivity (Wildman–Crippen MR) is 72.9 cm³/mol. The van der Waals surface area contributed by atoms with Crippen molar-refractivity contribution in [2.24, 2.45) is 0 Å². The van der Waals surface area contributed by atoms with Crippen LogP contribution >= 0.6 is 0 Å². The highest BCUT2D eigenvalue weighted by Crippen LogP contribution is 2.11. The van der Waals surface area contributed by atoms with E-state index in [9.17, 15) is 9.59 Å². The SMILES string of the molecule is CCNC(=O)N1CCN(C(=O)[C@H]2CCCCN2)CC1. The van der Waals surface area contributed by atoms with Crippen molar-refractivity contribution in [3.8, 4) is 0 Å².